The van der Waals surface area contributed by atoms with E-state index in [0.29, 0.717) is 5.91 Å². The van der Waals surface area contributed by atoms with E-state index in [0.717, 1.165) is 71.7 Å². The van der Waals surface area contributed by atoms with Crippen molar-refractivity contribution in [3.8, 4) is 0 Å². The predicted molar refractivity (Wildman–Crippen MR) is 74.9 cm³/mol. The molecule has 0 radical (unpaired) electrons. The van der Waals surface area contributed by atoms with Gasteiger partial charge in [0.1, 0.15) is 0 Å². The standard InChI is InChI=1S/C14H27N3O2/c15-5-1-2-6-16-7-9-17(10-8-16)14(18)13-3-11-19-12-4-13/h13H,1-12,15H2. The highest BCUT2D eigenvalue weighted by Crippen LogP contribution is 2.18. The number of amides is 1. The molecule has 1 amide bonds. The van der Waals surface area contributed by atoms with Crippen molar-refractivity contribution in [1.29, 1.82) is 0 Å². The van der Waals surface area contributed by atoms with Gasteiger partial charge in [0.05, 0.1) is 0 Å². The summed E-state index contributed by atoms with van der Waals surface area (Å²) in [6.07, 6.45) is 4.07. The molecule has 2 fully saturated rings. The molecule has 0 spiro atoms. The second-order valence-electron chi connectivity index (χ2n) is 5.55. The molecule has 110 valence electrons. The van der Waals surface area contributed by atoms with Crippen LogP contribution in [0.2, 0.25) is 0 Å². The maximum absolute atomic E-state index is 12.4. The SMILES string of the molecule is NCCCCN1CCN(C(=O)C2CCOCC2)CC1. The summed E-state index contributed by atoms with van der Waals surface area (Å²) in [5.74, 6) is 0.558. The Bertz CT molecular complexity index is 272. The third-order valence-corrected chi connectivity index (χ3v) is 4.18. The Hall–Kier alpha value is -0.650. The number of unbranched alkanes of at least 4 members (excludes halogenated alkanes) is 1. The molecule has 2 aliphatic rings. The van der Waals surface area contributed by atoms with Gasteiger partial charge in [0.15, 0.2) is 0 Å². The Labute approximate surface area is 116 Å². The highest BCUT2D eigenvalue weighted by atomic mass is 16.5. The molecule has 2 N–H and O–H groups in total. The van der Waals surface area contributed by atoms with Gasteiger partial charge < -0.3 is 15.4 Å². The molecule has 0 aromatic rings. The first-order valence-electron chi connectivity index (χ1n) is 7.60. The summed E-state index contributed by atoms with van der Waals surface area (Å²) in [7, 11) is 0. The maximum Gasteiger partial charge on any atom is 0.225 e. The van der Waals surface area contributed by atoms with Crippen LogP contribution in [0.4, 0.5) is 0 Å². The lowest BCUT2D eigenvalue weighted by atomic mass is 9.98. The molecule has 2 rings (SSSR count). The third kappa shape index (κ3) is 4.44. The monoisotopic (exact) mass is 269 g/mol. The van der Waals surface area contributed by atoms with E-state index in [1.54, 1.807) is 0 Å². The molecule has 0 atom stereocenters. The van der Waals surface area contributed by atoms with E-state index >= 15 is 0 Å². The van der Waals surface area contributed by atoms with Gasteiger partial charge >= 0.3 is 0 Å². The molecule has 19 heavy (non-hydrogen) atoms. The zero-order valence-corrected chi connectivity index (χ0v) is 11.9. The number of carbonyl (C=O) groups is 1. The summed E-state index contributed by atoms with van der Waals surface area (Å²) >= 11 is 0. The minimum absolute atomic E-state index is 0.206. The van der Waals surface area contributed by atoms with Gasteiger partial charge in [-0.25, -0.2) is 0 Å². The first kappa shape index (κ1) is 14.8. The van der Waals surface area contributed by atoms with E-state index in [-0.39, 0.29) is 5.92 Å². The van der Waals surface area contributed by atoms with Crippen LogP contribution in [0.25, 0.3) is 0 Å². The highest BCUT2D eigenvalue weighted by molar-refractivity contribution is 5.79. The summed E-state index contributed by atoms with van der Waals surface area (Å²) in [5.41, 5.74) is 5.51. The van der Waals surface area contributed by atoms with Crippen molar-refractivity contribution in [2.24, 2.45) is 11.7 Å². The van der Waals surface area contributed by atoms with Crippen LogP contribution < -0.4 is 5.73 Å². The Morgan fingerprint density at radius 1 is 1.11 bits per heavy atom. The van der Waals surface area contributed by atoms with Crippen LogP contribution >= 0.6 is 0 Å². The van der Waals surface area contributed by atoms with Crippen molar-refractivity contribution in [2.45, 2.75) is 25.7 Å². The normalized spacial score (nSPS) is 22.7. The van der Waals surface area contributed by atoms with E-state index in [1.807, 2.05) is 0 Å². The van der Waals surface area contributed by atoms with E-state index in [1.165, 1.54) is 6.42 Å². The van der Waals surface area contributed by atoms with Crippen LogP contribution in [-0.4, -0.2) is 68.2 Å². The Morgan fingerprint density at radius 2 is 1.79 bits per heavy atom. The highest BCUT2D eigenvalue weighted by Gasteiger charge is 2.28. The fourth-order valence-electron chi connectivity index (χ4n) is 2.87. The fourth-order valence-corrected chi connectivity index (χ4v) is 2.87. The number of carbonyl (C=O) groups excluding carboxylic acids is 1. The average Bonchev–Trinajstić information content (AvgIpc) is 2.48. The molecule has 2 saturated heterocycles. The summed E-state index contributed by atoms with van der Waals surface area (Å²) in [4.78, 5) is 16.9. The molecule has 5 nitrogen and oxygen atoms in total. The molecular weight excluding hydrogens is 242 g/mol. The zero-order chi connectivity index (χ0) is 13.5. The third-order valence-electron chi connectivity index (χ3n) is 4.18. The second kappa shape index (κ2) is 7.82. The van der Waals surface area contributed by atoms with Gasteiger partial charge in [0.2, 0.25) is 5.91 Å². The van der Waals surface area contributed by atoms with Gasteiger partial charge in [0.25, 0.3) is 0 Å². The van der Waals surface area contributed by atoms with E-state index in [2.05, 4.69) is 9.80 Å². The summed E-state index contributed by atoms with van der Waals surface area (Å²) in [6.45, 7) is 7.19. The summed E-state index contributed by atoms with van der Waals surface area (Å²) in [6, 6.07) is 0. The van der Waals surface area contributed by atoms with Crippen LogP contribution in [0.5, 0.6) is 0 Å². The summed E-state index contributed by atoms with van der Waals surface area (Å²) in [5, 5.41) is 0. The summed E-state index contributed by atoms with van der Waals surface area (Å²) < 4.78 is 5.32. The first-order chi connectivity index (χ1) is 9.31. The van der Waals surface area contributed by atoms with E-state index in [9.17, 15) is 4.79 Å². The van der Waals surface area contributed by atoms with Crippen LogP contribution in [-0.2, 0) is 9.53 Å². The molecule has 5 heteroatoms. The van der Waals surface area contributed by atoms with Gasteiger partial charge in [-0.1, -0.05) is 0 Å². The van der Waals surface area contributed by atoms with Crippen LogP contribution in [0.1, 0.15) is 25.7 Å². The molecule has 2 heterocycles. The number of hydrogen-bond acceptors (Lipinski definition) is 4. The van der Waals surface area contributed by atoms with E-state index < -0.39 is 0 Å². The van der Waals surface area contributed by atoms with Crippen LogP contribution in [0.3, 0.4) is 0 Å². The van der Waals surface area contributed by atoms with Crippen molar-refractivity contribution in [1.82, 2.24) is 9.80 Å². The number of ether oxygens (including phenoxy) is 1. The largest absolute Gasteiger partial charge is 0.381 e. The van der Waals surface area contributed by atoms with Gasteiger partial charge in [-0.05, 0) is 38.8 Å². The molecule has 0 aromatic carbocycles. The molecule has 0 bridgehead atoms. The van der Waals surface area contributed by atoms with Gasteiger partial charge in [-0.3, -0.25) is 9.69 Å². The van der Waals surface area contributed by atoms with Gasteiger partial charge in [-0.2, -0.15) is 0 Å². The second-order valence-corrected chi connectivity index (χ2v) is 5.55. The van der Waals surface area contributed by atoms with Crippen molar-refractivity contribution >= 4 is 5.91 Å². The van der Waals surface area contributed by atoms with Crippen LogP contribution in [0.15, 0.2) is 0 Å². The maximum atomic E-state index is 12.4. The molecule has 2 aliphatic heterocycles. The zero-order valence-electron chi connectivity index (χ0n) is 11.9. The number of nitrogens with zero attached hydrogens (tertiary/aromatic N) is 2. The lowest BCUT2D eigenvalue weighted by Gasteiger charge is -2.37. The van der Waals surface area contributed by atoms with Crippen molar-refractivity contribution < 1.29 is 9.53 Å². The Balaban J connectivity index is 1.68. The quantitative estimate of drug-likeness (QED) is 0.729. The lowest BCUT2D eigenvalue weighted by Crippen LogP contribution is -2.51. The number of hydrogen-bond donors (Lipinski definition) is 1. The van der Waals surface area contributed by atoms with Gasteiger partial charge in [0, 0.05) is 45.3 Å². The molecule has 0 unspecified atom stereocenters. The number of nitrogens with two attached hydrogens (primary N) is 1. The van der Waals surface area contributed by atoms with Gasteiger partial charge in [-0.15, -0.1) is 0 Å². The average molecular weight is 269 g/mol. The van der Waals surface area contributed by atoms with E-state index in [4.69, 9.17) is 10.5 Å². The molecule has 0 aromatic heterocycles. The smallest absolute Gasteiger partial charge is 0.225 e. The molecular formula is C14H27N3O2. The minimum atomic E-state index is 0.206. The fraction of sp³-hybridized carbons (Fsp3) is 0.929. The topological polar surface area (TPSA) is 58.8 Å². The molecule has 0 saturated carbocycles. The Morgan fingerprint density at radius 3 is 2.42 bits per heavy atom. The van der Waals surface area contributed by atoms with Crippen molar-refractivity contribution in [2.75, 3.05) is 52.5 Å². The molecule has 0 aliphatic carbocycles. The van der Waals surface area contributed by atoms with Crippen molar-refractivity contribution in [3.63, 3.8) is 0 Å². The lowest BCUT2D eigenvalue weighted by molar-refractivity contribution is -0.140. The minimum Gasteiger partial charge on any atom is -0.381 e. The predicted octanol–water partition coefficient (Wildman–Crippen LogP) is 0.296. The Kier molecular flexibility index (Phi) is 6.07. The van der Waals surface area contributed by atoms with Crippen LogP contribution in [0, 0.1) is 5.92 Å². The number of piperazine rings is 1. The number of rotatable bonds is 5. The van der Waals surface area contributed by atoms with Crippen molar-refractivity contribution in [3.05, 3.63) is 0 Å². The first-order valence-corrected chi connectivity index (χ1v) is 7.60.